The molecule has 118 valence electrons. The van der Waals surface area contributed by atoms with Crippen LogP contribution in [-0.2, 0) is 11.2 Å². The maximum Gasteiger partial charge on any atom is 0.232 e. The van der Waals surface area contributed by atoms with Gasteiger partial charge in [-0.2, -0.15) is 4.98 Å². The first-order valence-corrected chi connectivity index (χ1v) is 8.79. The zero-order valence-electron chi connectivity index (χ0n) is 12.7. The molecule has 0 amide bonds. The molecule has 5 heteroatoms. The lowest BCUT2D eigenvalue weighted by atomic mass is 9.89. The minimum atomic E-state index is -0.0000113. The van der Waals surface area contributed by atoms with Gasteiger partial charge in [0.25, 0.3) is 0 Å². The van der Waals surface area contributed by atoms with Crippen molar-refractivity contribution in [2.24, 2.45) is 0 Å². The molecular formula is C18H18N2O2S. The summed E-state index contributed by atoms with van der Waals surface area (Å²) in [6.45, 7) is 0.784. The second kappa shape index (κ2) is 6.64. The monoisotopic (exact) mass is 326 g/mol. The molecular weight excluding hydrogens is 308 g/mol. The van der Waals surface area contributed by atoms with Crippen LogP contribution in [0, 0.1) is 0 Å². The van der Waals surface area contributed by atoms with E-state index in [9.17, 15) is 0 Å². The Labute approximate surface area is 139 Å². The van der Waals surface area contributed by atoms with Crippen LogP contribution >= 0.6 is 11.3 Å². The summed E-state index contributed by atoms with van der Waals surface area (Å²) in [5, 5.41) is 6.23. The number of rotatable bonds is 4. The third kappa shape index (κ3) is 3.21. The van der Waals surface area contributed by atoms with Crippen molar-refractivity contribution in [1.82, 2.24) is 10.1 Å². The Morgan fingerprint density at radius 1 is 1.13 bits per heavy atom. The SMILES string of the molecule is c1ccc([C@@H]2OCCC[C@H]2c2nc(Cc3cccs3)no2)cc1. The van der Waals surface area contributed by atoms with E-state index >= 15 is 0 Å². The summed E-state index contributed by atoms with van der Waals surface area (Å²) in [5.74, 6) is 1.58. The second-order valence-corrected chi connectivity index (χ2v) is 6.79. The number of ether oxygens (including phenoxy) is 1. The minimum Gasteiger partial charge on any atom is -0.373 e. The van der Waals surface area contributed by atoms with E-state index in [1.54, 1.807) is 11.3 Å². The lowest BCUT2D eigenvalue weighted by Crippen LogP contribution is -2.21. The van der Waals surface area contributed by atoms with Crippen molar-refractivity contribution in [2.45, 2.75) is 31.3 Å². The van der Waals surface area contributed by atoms with E-state index < -0.39 is 0 Å². The van der Waals surface area contributed by atoms with E-state index in [2.05, 4.69) is 33.7 Å². The van der Waals surface area contributed by atoms with Crippen molar-refractivity contribution >= 4 is 11.3 Å². The normalized spacial score (nSPS) is 21.4. The fourth-order valence-electron chi connectivity index (χ4n) is 3.06. The van der Waals surface area contributed by atoms with E-state index in [0.29, 0.717) is 5.89 Å². The smallest absolute Gasteiger partial charge is 0.232 e. The number of hydrogen-bond donors (Lipinski definition) is 0. The molecule has 0 N–H and O–H groups in total. The summed E-state index contributed by atoms with van der Waals surface area (Å²) < 4.78 is 11.6. The van der Waals surface area contributed by atoms with Crippen LogP contribution in [0.15, 0.2) is 52.4 Å². The quantitative estimate of drug-likeness (QED) is 0.715. The lowest BCUT2D eigenvalue weighted by Gasteiger charge is -2.29. The molecule has 0 radical (unpaired) electrons. The van der Waals surface area contributed by atoms with Crippen LogP contribution in [0.25, 0.3) is 0 Å². The Morgan fingerprint density at radius 2 is 2.04 bits per heavy atom. The van der Waals surface area contributed by atoms with Gasteiger partial charge in [-0.25, -0.2) is 0 Å². The van der Waals surface area contributed by atoms with Crippen LogP contribution in [0.2, 0.25) is 0 Å². The van der Waals surface area contributed by atoms with Crippen molar-refractivity contribution < 1.29 is 9.26 Å². The number of hydrogen-bond acceptors (Lipinski definition) is 5. The Kier molecular flexibility index (Phi) is 4.22. The summed E-state index contributed by atoms with van der Waals surface area (Å²) in [4.78, 5) is 5.88. The molecule has 0 bridgehead atoms. The van der Waals surface area contributed by atoms with Gasteiger partial charge in [-0.15, -0.1) is 11.3 Å². The number of thiophene rings is 1. The largest absolute Gasteiger partial charge is 0.373 e. The van der Waals surface area contributed by atoms with Crippen LogP contribution in [0.4, 0.5) is 0 Å². The fraction of sp³-hybridized carbons (Fsp3) is 0.333. The molecule has 0 spiro atoms. The highest BCUT2D eigenvalue weighted by atomic mass is 32.1. The van der Waals surface area contributed by atoms with E-state index in [-0.39, 0.29) is 12.0 Å². The Bertz CT molecular complexity index is 739. The lowest BCUT2D eigenvalue weighted by molar-refractivity contribution is -0.0103. The molecule has 3 aromatic rings. The van der Waals surface area contributed by atoms with Gasteiger partial charge in [-0.3, -0.25) is 0 Å². The third-order valence-electron chi connectivity index (χ3n) is 4.16. The third-order valence-corrected chi connectivity index (χ3v) is 5.04. The average molecular weight is 326 g/mol. The zero-order valence-corrected chi connectivity index (χ0v) is 13.5. The Balaban J connectivity index is 1.56. The molecule has 1 aliphatic heterocycles. The summed E-state index contributed by atoms with van der Waals surface area (Å²) in [7, 11) is 0. The van der Waals surface area contributed by atoms with Crippen LogP contribution in [0.1, 0.15) is 47.0 Å². The van der Waals surface area contributed by atoms with E-state index in [1.165, 1.54) is 10.4 Å². The van der Waals surface area contributed by atoms with Crippen LogP contribution in [0.5, 0.6) is 0 Å². The molecule has 3 heterocycles. The summed E-state index contributed by atoms with van der Waals surface area (Å²) >= 11 is 1.71. The highest BCUT2D eigenvalue weighted by Gasteiger charge is 2.33. The zero-order chi connectivity index (χ0) is 15.5. The molecule has 23 heavy (non-hydrogen) atoms. The van der Waals surface area contributed by atoms with Crippen LogP contribution in [-0.4, -0.2) is 16.7 Å². The summed E-state index contributed by atoms with van der Waals surface area (Å²) in [6, 6.07) is 14.4. The topological polar surface area (TPSA) is 48.2 Å². The Morgan fingerprint density at radius 3 is 2.87 bits per heavy atom. The summed E-state index contributed by atoms with van der Waals surface area (Å²) in [5.41, 5.74) is 1.18. The van der Waals surface area contributed by atoms with Gasteiger partial charge < -0.3 is 9.26 Å². The maximum absolute atomic E-state index is 6.02. The molecule has 0 saturated carbocycles. The number of nitrogens with zero attached hydrogens (tertiary/aromatic N) is 2. The molecule has 2 aromatic heterocycles. The van der Waals surface area contributed by atoms with Crippen molar-refractivity contribution in [3.63, 3.8) is 0 Å². The van der Waals surface area contributed by atoms with E-state index in [1.807, 2.05) is 24.3 Å². The predicted octanol–water partition coefficient (Wildman–Crippen LogP) is 4.36. The maximum atomic E-state index is 6.02. The van der Waals surface area contributed by atoms with Crippen molar-refractivity contribution in [3.8, 4) is 0 Å². The highest BCUT2D eigenvalue weighted by molar-refractivity contribution is 7.09. The second-order valence-electron chi connectivity index (χ2n) is 5.76. The molecule has 1 saturated heterocycles. The van der Waals surface area contributed by atoms with Crippen LogP contribution in [0.3, 0.4) is 0 Å². The van der Waals surface area contributed by atoms with Gasteiger partial charge in [0.1, 0.15) is 0 Å². The van der Waals surface area contributed by atoms with Crippen molar-refractivity contribution in [3.05, 3.63) is 70.0 Å². The molecule has 1 aromatic carbocycles. The van der Waals surface area contributed by atoms with Crippen molar-refractivity contribution in [2.75, 3.05) is 6.61 Å². The van der Waals surface area contributed by atoms with Gasteiger partial charge >= 0.3 is 0 Å². The van der Waals surface area contributed by atoms with Gasteiger partial charge in [-0.1, -0.05) is 41.6 Å². The molecule has 1 fully saturated rings. The van der Waals surface area contributed by atoms with Gasteiger partial charge in [-0.05, 0) is 29.9 Å². The fourth-order valence-corrected chi connectivity index (χ4v) is 3.77. The van der Waals surface area contributed by atoms with Gasteiger partial charge in [0, 0.05) is 17.9 Å². The minimum absolute atomic E-state index is 0.0000113. The van der Waals surface area contributed by atoms with E-state index in [0.717, 1.165) is 31.7 Å². The van der Waals surface area contributed by atoms with Gasteiger partial charge in [0.05, 0.1) is 12.0 Å². The van der Waals surface area contributed by atoms with Gasteiger partial charge in [0.2, 0.25) is 5.89 Å². The molecule has 4 rings (SSSR count). The van der Waals surface area contributed by atoms with E-state index in [4.69, 9.17) is 9.26 Å². The molecule has 0 unspecified atom stereocenters. The first-order chi connectivity index (χ1) is 11.4. The summed E-state index contributed by atoms with van der Waals surface area (Å²) in [6.07, 6.45) is 2.77. The molecule has 2 atom stereocenters. The molecule has 4 nitrogen and oxygen atoms in total. The first-order valence-electron chi connectivity index (χ1n) is 7.91. The number of benzene rings is 1. The van der Waals surface area contributed by atoms with Gasteiger partial charge in [0.15, 0.2) is 5.82 Å². The molecule has 0 aliphatic carbocycles. The molecule has 1 aliphatic rings. The predicted molar refractivity (Wildman–Crippen MR) is 88.5 cm³/mol. The van der Waals surface area contributed by atoms with Crippen LogP contribution < -0.4 is 0 Å². The standard InChI is InChI=1S/C18H18N2O2S/c1-2-6-13(7-3-1)17-15(9-4-10-21-17)18-19-16(20-22-18)12-14-8-5-11-23-14/h1-3,5-8,11,15,17H,4,9-10,12H2/t15-,17+/m1/s1. The number of aromatic nitrogens is 2. The average Bonchev–Trinajstić information content (AvgIpc) is 3.28. The first kappa shape index (κ1) is 14.6. The van der Waals surface area contributed by atoms with Crippen molar-refractivity contribution in [1.29, 1.82) is 0 Å². The highest BCUT2D eigenvalue weighted by Crippen LogP contribution is 2.40. The Hall–Kier alpha value is -1.98.